The van der Waals surface area contributed by atoms with E-state index < -0.39 is 11.7 Å². The smallest absolute Gasteiger partial charge is 0.338 e. The Morgan fingerprint density at radius 2 is 1.76 bits per heavy atom. The van der Waals surface area contributed by atoms with Gasteiger partial charge in [-0.05, 0) is 36.8 Å². The topological polar surface area (TPSA) is 28.7 Å². The fourth-order valence-corrected chi connectivity index (χ4v) is 2.77. The van der Waals surface area contributed by atoms with Gasteiger partial charge in [0.2, 0.25) is 0 Å². The van der Waals surface area contributed by atoms with E-state index in [0.29, 0.717) is 11.4 Å². The van der Waals surface area contributed by atoms with Crippen molar-refractivity contribution in [1.82, 2.24) is 9.97 Å². The molecule has 1 N–H and O–H groups in total. The Labute approximate surface area is 127 Å². The van der Waals surface area contributed by atoms with Gasteiger partial charge in [-0.1, -0.05) is 28.1 Å². The summed E-state index contributed by atoms with van der Waals surface area (Å²) in [7, 11) is 0. The molecule has 3 rings (SSSR count). The van der Waals surface area contributed by atoms with Crippen LogP contribution < -0.4 is 0 Å². The largest absolute Gasteiger partial charge is 0.416 e. The summed E-state index contributed by atoms with van der Waals surface area (Å²) in [5, 5.41) is 0. The van der Waals surface area contributed by atoms with Crippen molar-refractivity contribution >= 4 is 27.0 Å². The molecule has 0 atom stereocenters. The molecule has 2 nitrogen and oxygen atoms in total. The Balaban J connectivity index is 2.06. The van der Waals surface area contributed by atoms with E-state index in [4.69, 9.17) is 0 Å². The van der Waals surface area contributed by atoms with Crippen molar-refractivity contribution in [1.29, 1.82) is 0 Å². The number of alkyl halides is 3. The molecule has 0 amide bonds. The van der Waals surface area contributed by atoms with Gasteiger partial charge in [-0.3, -0.25) is 0 Å². The Kier molecular flexibility index (Phi) is 3.28. The van der Waals surface area contributed by atoms with Crippen LogP contribution in [0.15, 0.2) is 40.9 Å². The van der Waals surface area contributed by atoms with Gasteiger partial charge < -0.3 is 4.98 Å². The highest BCUT2D eigenvalue weighted by Gasteiger charge is 2.30. The summed E-state index contributed by atoms with van der Waals surface area (Å²) in [6, 6.07) is 8.80. The van der Waals surface area contributed by atoms with Crippen LogP contribution in [0.4, 0.5) is 13.2 Å². The third-order valence-corrected chi connectivity index (χ3v) is 3.69. The highest BCUT2D eigenvalue weighted by molar-refractivity contribution is 9.10. The zero-order chi connectivity index (χ0) is 15.2. The molecule has 3 aromatic rings. The lowest BCUT2D eigenvalue weighted by Crippen LogP contribution is -2.04. The molecular weight excluding hydrogens is 345 g/mol. The molecule has 108 valence electrons. The summed E-state index contributed by atoms with van der Waals surface area (Å²) in [6.07, 6.45) is -4.33. The number of rotatable bonds is 1. The van der Waals surface area contributed by atoms with Gasteiger partial charge in [0.25, 0.3) is 0 Å². The molecule has 0 fully saturated rings. The number of aryl methyl sites for hydroxylation is 1. The number of aromatic nitrogens is 2. The maximum absolute atomic E-state index is 12.6. The van der Waals surface area contributed by atoms with E-state index in [-0.39, 0.29) is 0 Å². The molecule has 0 bridgehead atoms. The Morgan fingerprint density at radius 1 is 1.10 bits per heavy atom. The summed E-state index contributed by atoms with van der Waals surface area (Å²) in [4.78, 5) is 7.59. The van der Waals surface area contributed by atoms with Crippen LogP contribution in [-0.2, 0) is 6.18 Å². The van der Waals surface area contributed by atoms with E-state index in [2.05, 4.69) is 25.9 Å². The first-order valence-corrected chi connectivity index (χ1v) is 6.97. The van der Waals surface area contributed by atoms with E-state index >= 15 is 0 Å². The maximum Gasteiger partial charge on any atom is 0.416 e. The van der Waals surface area contributed by atoms with Crippen LogP contribution in [0.1, 0.15) is 11.1 Å². The fourth-order valence-electron chi connectivity index (χ4n) is 2.20. The molecule has 0 aliphatic carbocycles. The van der Waals surface area contributed by atoms with E-state index in [1.807, 2.05) is 19.1 Å². The summed E-state index contributed by atoms with van der Waals surface area (Å²) >= 11 is 3.41. The van der Waals surface area contributed by atoms with Crippen LogP contribution in [0.25, 0.3) is 22.4 Å². The summed E-state index contributed by atoms with van der Waals surface area (Å²) in [5.74, 6) is 0.555. The first kappa shape index (κ1) is 14.1. The number of hydrogen-bond acceptors (Lipinski definition) is 1. The highest BCUT2D eigenvalue weighted by atomic mass is 79.9. The minimum Gasteiger partial charge on any atom is -0.338 e. The molecule has 0 aliphatic heterocycles. The second-order valence-electron chi connectivity index (χ2n) is 4.78. The summed E-state index contributed by atoms with van der Waals surface area (Å²) < 4.78 is 38.6. The van der Waals surface area contributed by atoms with Crippen molar-refractivity contribution in [3.8, 4) is 11.4 Å². The first-order chi connectivity index (χ1) is 9.84. The number of halogens is 4. The van der Waals surface area contributed by atoms with Crippen molar-refractivity contribution in [3.63, 3.8) is 0 Å². The number of nitrogens with zero attached hydrogens (tertiary/aromatic N) is 1. The van der Waals surface area contributed by atoms with Gasteiger partial charge in [0.15, 0.2) is 0 Å². The lowest BCUT2D eigenvalue weighted by molar-refractivity contribution is -0.137. The molecule has 0 saturated heterocycles. The monoisotopic (exact) mass is 354 g/mol. The van der Waals surface area contributed by atoms with Crippen molar-refractivity contribution in [2.75, 3.05) is 0 Å². The minimum atomic E-state index is -4.33. The molecule has 1 aromatic heterocycles. The van der Waals surface area contributed by atoms with E-state index in [1.54, 1.807) is 0 Å². The standard InChI is InChI=1S/C15H10BrF3N2/c1-8-6-11(16)7-12-13(8)21-14(20-12)9-2-4-10(5-3-9)15(17,18)19/h2-7H,1H3,(H,20,21). The normalized spacial score (nSPS) is 12.0. The predicted octanol–water partition coefficient (Wildman–Crippen LogP) is 5.32. The Morgan fingerprint density at radius 3 is 2.38 bits per heavy atom. The quantitative estimate of drug-likeness (QED) is 0.629. The molecule has 21 heavy (non-hydrogen) atoms. The summed E-state index contributed by atoms with van der Waals surface area (Å²) in [5.41, 5.74) is 2.61. The van der Waals surface area contributed by atoms with Gasteiger partial charge in [0.05, 0.1) is 16.6 Å². The zero-order valence-corrected chi connectivity index (χ0v) is 12.5. The van der Waals surface area contributed by atoms with Crippen LogP contribution >= 0.6 is 15.9 Å². The number of nitrogens with one attached hydrogen (secondary N) is 1. The van der Waals surface area contributed by atoms with Crippen molar-refractivity contribution in [2.24, 2.45) is 0 Å². The molecule has 0 aliphatic rings. The van der Waals surface area contributed by atoms with Crippen molar-refractivity contribution in [3.05, 3.63) is 52.0 Å². The number of hydrogen-bond donors (Lipinski definition) is 1. The SMILES string of the molecule is Cc1cc(Br)cc2[nH]c(-c3ccc(C(F)(F)F)cc3)nc12. The van der Waals surface area contributed by atoms with Crippen molar-refractivity contribution < 1.29 is 13.2 Å². The molecule has 0 radical (unpaired) electrons. The average molecular weight is 355 g/mol. The van der Waals surface area contributed by atoms with Gasteiger partial charge in [0, 0.05) is 10.0 Å². The third-order valence-electron chi connectivity index (χ3n) is 3.23. The number of H-pyrrole nitrogens is 1. The second-order valence-corrected chi connectivity index (χ2v) is 5.70. The molecule has 0 spiro atoms. The maximum atomic E-state index is 12.6. The van der Waals surface area contributed by atoms with Gasteiger partial charge >= 0.3 is 6.18 Å². The van der Waals surface area contributed by atoms with Gasteiger partial charge in [-0.25, -0.2) is 4.98 Å². The molecular formula is C15H10BrF3N2. The minimum absolute atomic E-state index is 0.555. The van der Waals surface area contributed by atoms with Crippen LogP contribution in [0.5, 0.6) is 0 Å². The van der Waals surface area contributed by atoms with E-state index in [9.17, 15) is 13.2 Å². The third kappa shape index (κ3) is 2.68. The molecule has 0 saturated carbocycles. The molecule has 0 unspecified atom stereocenters. The zero-order valence-electron chi connectivity index (χ0n) is 10.9. The van der Waals surface area contributed by atoms with Gasteiger partial charge in [-0.15, -0.1) is 0 Å². The Bertz CT molecular complexity index is 804. The van der Waals surface area contributed by atoms with Gasteiger partial charge in [-0.2, -0.15) is 13.2 Å². The lowest BCUT2D eigenvalue weighted by atomic mass is 10.1. The van der Waals surface area contributed by atoms with Crippen molar-refractivity contribution in [2.45, 2.75) is 13.1 Å². The predicted molar refractivity (Wildman–Crippen MR) is 79.0 cm³/mol. The second kappa shape index (κ2) is 4.87. The molecule has 2 aromatic carbocycles. The lowest BCUT2D eigenvalue weighted by Gasteiger charge is -2.06. The van der Waals surface area contributed by atoms with Crippen LogP contribution in [0.2, 0.25) is 0 Å². The number of benzene rings is 2. The number of imidazole rings is 1. The van der Waals surface area contributed by atoms with E-state index in [1.165, 1.54) is 12.1 Å². The summed E-state index contributed by atoms with van der Waals surface area (Å²) in [6.45, 7) is 1.93. The van der Waals surface area contributed by atoms with Gasteiger partial charge in [0.1, 0.15) is 5.82 Å². The van der Waals surface area contributed by atoms with Crippen LogP contribution in [0.3, 0.4) is 0 Å². The highest BCUT2D eigenvalue weighted by Crippen LogP contribution is 2.31. The molecule has 6 heteroatoms. The molecule has 1 heterocycles. The fraction of sp³-hybridized carbons (Fsp3) is 0.133. The number of aromatic amines is 1. The Hall–Kier alpha value is -1.82. The van der Waals surface area contributed by atoms with E-state index in [0.717, 1.165) is 33.2 Å². The first-order valence-electron chi connectivity index (χ1n) is 6.18. The number of fused-ring (bicyclic) bond motifs is 1. The van der Waals surface area contributed by atoms with Crippen LogP contribution in [0, 0.1) is 6.92 Å². The average Bonchev–Trinajstić information content (AvgIpc) is 2.82. The van der Waals surface area contributed by atoms with Crippen LogP contribution in [-0.4, -0.2) is 9.97 Å².